The zero-order chi connectivity index (χ0) is 22.5. The summed E-state index contributed by atoms with van der Waals surface area (Å²) in [4.78, 5) is 12.0. The quantitative estimate of drug-likeness (QED) is 0.447. The number of rotatable bonds is 4. The zero-order valence-electron chi connectivity index (χ0n) is 17.4. The number of piperazine rings is 1. The van der Waals surface area contributed by atoms with Gasteiger partial charge in [0.25, 0.3) is 0 Å². The molecule has 1 fully saturated rings. The van der Waals surface area contributed by atoms with E-state index < -0.39 is 10.0 Å². The van der Waals surface area contributed by atoms with E-state index in [0.29, 0.717) is 37.6 Å². The SMILES string of the molecule is Cc1noc(C)c1S(=O)(=O)N1CCN(c2ncnc3scc(-c4ccc(F)cc4)c23)CC1. The highest BCUT2D eigenvalue weighted by atomic mass is 32.2. The predicted molar refractivity (Wildman–Crippen MR) is 120 cm³/mol. The second-order valence-electron chi connectivity index (χ2n) is 7.58. The molecule has 0 spiro atoms. The highest BCUT2D eigenvalue weighted by Crippen LogP contribution is 2.38. The Kier molecular flexibility index (Phi) is 5.19. The smallest absolute Gasteiger partial charge is 0.248 e. The van der Waals surface area contributed by atoms with Gasteiger partial charge in [-0.15, -0.1) is 11.3 Å². The highest BCUT2D eigenvalue weighted by Gasteiger charge is 2.34. The number of thiophene rings is 1. The van der Waals surface area contributed by atoms with Gasteiger partial charge in [-0.05, 0) is 31.5 Å². The van der Waals surface area contributed by atoms with Crippen LogP contribution in [0.5, 0.6) is 0 Å². The molecule has 5 rings (SSSR count). The first-order valence-corrected chi connectivity index (χ1v) is 12.3. The summed E-state index contributed by atoms with van der Waals surface area (Å²) in [5.41, 5.74) is 2.18. The molecule has 0 bridgehead atoms. The Morgan fingerprint density at radius 3 is 2.44 bits per heavy atom. The Morgan fingerprint density at radius 1 is 1.06 bits per heavy atom. The molecule has 0 unspecified atom stereocenters. The number of nitrogens with zero attached hydrogens (tertiary/aromatic N) is 5. The van der Waals surface area contributed by atoms with Crippen molar-refractivity contribution >= 4 is 37.4 Å². The monoisotopic (exact) mass is 473 g/mol. The van der Waals surface area contributed by atoms with Gasteiger partial charge in [-0.2, -0.15) is 4.31 Å². The van der Waals surface area contributed by atoms with Gasteiger partial charge in [-0.3, -0.25) is 0 Å². The maximum Gasteiger partial charge on any atom is 0.248 e. The van der Waals surface area contributed by atoms with Crippen LogP contribution in [0.4, 0.5) is 10.2 Å². The molecule has 1 aliphatic rings. The van der Waals surface area contributed by atoms with Crippen LogP contribution in [0.15, 0.2) is 45.4 Å². The summed E-state index contributed by atoms with van der Waals surface area (Å²) in [5.74, 6) is 0.759. The second kappa shape index (κ2) is 7.91. The first-order chi connectivity index (χ1) is 15.4. The van der Waals surface area contributed by atoms with Crippen LogP contribution >= 0.6 is 11.3 Å². The Morgan fingerprint density at radius 2 is 1.78 bits per heavy atom. The molecular weight excluding hydrogens is 453 g/mol. The van der Waals surface area contributed by atoms with Crippen LogP contribution in [0.3, 0.4) is 0 Å². The Bertz CT molecular complexity index is 1370. The van der Waals surface area contributed by atoms with Crippen LogP contribution < -0.4 is 4.90 Å². The minimum atomic E-state index is -3.69. The van der Waals surface area contributed by atoms with E-state index >= 15 is 0 Å². The van der Waals surface area contributed by atoms with Gasteiger partial charge in [0.1, 0.15) is 33.4 Å². The minimum absolute atomic E-state index is 0.145. The summed E-state index contributed by atoms with van der Waals surface area (Å²) in [6.07, 6.45) is 1.52. The van der Waals surface area contributed by atoms with Gasteiger partial charge in [-0.25, -0.2) is 22.8 Å². The highest BCUT2D eigenvalue weighted by molar-refractivity contribution is 7.89. The van der Waals surface area contributed by atoms with Gasteiger partial charge in [0.2, 0.25) is 10.0 Å². The van der Waals surface area contributed by atoms with Crippen LogP contribution in [-0.2, 0) is 10.0 Å². The molecule has 1 saturated heterocycles. The lowest BCUT2D eigenvalue weighted by atomic mass is 10.1. The number of aromatic nitrogens is 3. The molecule has 4 heterocycles. The maximum absolute atomic E-state index is 13.4. The van der Waals surface area contributed by atoms with Crippen molar-refractivity contribution in [2.24, 2.45) is 0 Å². The fraction of sp³-hybridized carbons (Fsp3) is 0.286. The lowest BCUT2D eigenvalue weighted by Crippen LogP contribution is -2.49. The Hall–Kier alpha value is -2.89. The van der Waals surface area contributed by atoms with Crippen LogP contribution in [0.2, 0.25) is 0 Å². The molecule has 11 heteroatoms. The fourth-order valence-electron chi connectivity index (χ4n) is 4.05. The van der Waals surface area contributed by atoms with E-state index in [2.05, 4.69) is 20.0 Å². The standard InChI is InChI=1S/C21H20FN5O3S2/c1-13-19(14(2)30-25-13)32(28,29)27-9-7-26(8-10-27)20-18-17(11-31-21(18)24-12-23-20)15-3-5-16(22)6-4-15/h3-6,11-12H,7-10H2,1-2H3. The third-order valence-electron chi connectivity index (χ3n) is 5.61. The first kappa shape index (κ1) is 21.0. The van der Waals surface area contributed by atoms with Gasteiger partial charge in [0.05, 0.1) is 5.39 Å². The van der Waals surface area contributed by atoms with Gasteiger partial charge in [-0.1, -0.05) is 17.3 Å². The molecular formula is C21H20FN5O3S2. The maximum atomic E-state index is 13.4. The average molecular weight is 474 g/mol. The molecule has 0 N–H and O–H groups in total. The average Bonchev–Trinajstić information content (AvgIpc) is 3.37. The van der Waals surface area contributed by atoms with E-state index in [1.54, 1.807) is 26.0 Å². The molecule has 1 aromatic carbocycles. The summed E-state index contributed by atoms with van der Waals surface area (Å²) in [7, 11) is -3.69. The van der Waals surface area contributed by atoms with Crippen LogP contribution in [0.25, 0.3) is 21.3 Å². The summed E-state index contributed by atoms with van der Waals surface area (Å²) in [5, 5.41) is 6.67. The summed E-state index contributed by atoms with van der Waals surface area (Å²) in [6.45, 7) is 4.82. The molecule has 8 nitrogen and oxygen atoms in total. The fourth-order valence-corrected chi connectivity index (χ4v) is 6.68. The van der Waals surface area contributed by atoms with Gasteiger partial charge < -0.3 is 9.42 Å². The summed E-state index contributed by atoms with van der Waals surface area (Å²) in [6, 6.07) is 6.34. The molecule has 32 heavy (non-hydrogen) atoms. The number of sulfonamides is 1. The van der Waals surface area contributed by atoms with Crippen molar-refractivity contribution in [3.63, 3.8) is 0 Å². The van der Waals surface area contributed by atoms with Crippen molar-refractivity contribution in [3.05, 3.63) is 53.2 Å². The molecule has 0 aliphatic carbocycles. The summed E-state index contributed by atoms with van der Waals surface area (Å²) < 4.78 is 46.2. The molecule has 0 radical (unpaired) electrons. The lowest BCUT2D eigenvalue weighted by molar-refractivity contribution is 0.378. The normalized spacial score (nSPS) is 15.5. The number of benzene rings is 1. The molecule has 0 atom stereocenters. The number of hydrogen-bond donors (Lipinski definition) is 0. The lowest BCUT2D eigenvalue weighted by Gasteiger charge is -2.34. The number of halogens is 1. The second-order valence-corrected chi connectivity index (χ2v) is 10.3. The van der Waals surface area contributed by atoms with E-state index in [1.807, 2.05) is 5.38 Å². The van der Waals surface area contributed by atoms with Crippen molar-refractivity contribution in [2.45, 2.75) is 18.7 Å². The molecule has 166 valence electrons. The third-order valence-corrected chi connectivity index (χ3v) is 8.64. The molecule has 1 aliphatic heterocycles. The van der Waals surface area contributed by atoms with E-state index in [0.717, 1.165) is 27.2 Å². The number of anilines is 1. The number of fused-ring (bicyclic) bond motifs is 1. The van der Waals surface area contributed by atoms with Crippen LogP contribution in [0.1, 0.15) is 11.5 Å². The Labute approximate surface area is 188 Å². The van der Waals surface area contributed by atoms with Gasteiger partial charge in [0, 0.05) is 37.1 Å². The van der Waals surface area contributed by atoms with Crippen molar-refractivity contribution in [2.75, 3.05) is 31.1 Å². The van der Waals surface area contributed by atoms with Crippen LogP contribution in [0, 0.1) is 19.7 Å². The van der Waals surface area contributed by atoms with E-state index in [-0.39, 0.29) is 10.7 Å². The van der Waals surface area contributed by atoms with E-state index in [9.17, 15) is 12.8 Å². The minimum Gasteiger partial charge on any atom is -0.360 e. The van der Waals surface area contributed by atoms with Crippen molar-refractivity contribution < 1.29 is 17.3 Å². The summed E-state index contributed by atoms with van der Waals surface area (Å²) >= 11 is 1.50. The topological polar surface area (TPSA) is 92.4 Å². The number of hydrogen-bond acceptors (Lipinski definition) is 8. The van der Waals surface area contributed by atoms with E-state index in [1.165, 1.54) is 34.1 Å². The molecule has 3 aromatic heterocycles. The van der Waals surface area contributed by atoms with Crippen molar-refractivity contribution in [1.82, 2.24) is 19.4 Å². The number of aryl methyl sites for hydroxylation is 2. The van der Waals surface area contributed by atoms with Gasteiger partial charge >= 0.3 is 0 Å². The largest absolute Gasteiger partial charge is 0.360 e. The molecule has 0 amide bonds. The first-order valence-electron chi connectivity index (χ1n) is 10.0. The van der Waals surface area contributed by atoms with E-state index in [4.69, 9.17) is 4.52 Å². The zero-order valence-corrected chi connectivity index (χ0v) is 19.1. The van der Waals surface area contributed by atoms with Crippen molar-refractivity contribution in [3.8, 4) is 11.1 Å². The Balaban J connectivity index is 1.45. The van der Waals surface area contributed by atoms with Crippen molar-refractivity contribution in [1.29, 1.82) is 0 Å². The van der Waals surface area contributed by atoms with Crippen LogP contribution in [-0.4, -0.2) is 54.0 Å². The predicted octanol–water partition coefficient (Wildman–Crippen LogP) is 3.61. The van der Waals surface area contributed by atoms with Gasteiger partial charge in [0.15, 0.2) is 5.76 Å². The molecule has 0 saturated carbocycles. The molecule has 4 aromatic rings. The third kappa shape index (κ3) is 3.46.